The van der Waals surface area contributed by atoms with Gasteiger partial charge in [-0.3, -0.25) is 14.5 Å². The number of amides is 1. The Labute approximate surface area is 212 Å². The van der Waals surface area contributed by atoms with Gasteiger partial charge >= 0.3 is 6.09 Å². The molecule has 0 unspecified atom stereocenters. The fraction of sp³-hybridized carbons (Fsp3) is 0.300. The summed E-state index contributed by atoms with van der Waals surface area (Å²) in [5.41, 5.74) is 6.39. The second-order valence-corrected chi connectivity index (χ2v) is 8.90. The lowest BCUT2D eigenvalue weighted by molar-refractivity contribution is 0.0971. The number of nitrogens with one attached hydrogen (secondary N) is 1. The van der Waals surface area contributed by atoms with Gasteiger partial charge in [0.2, 0.25) is 0 Å². The second kappa shape index (κ2) is 11.7. The van der Waals surface area contributed by atoms with Crippen LogP contribution >= 0.6 is 0 Å². The maximum atomic E-state index is 12.4. The Balaban J connectivity index is 0.000000197. The Hall–Kier alpha value is -3.93. The number of rotatable bonds is 4. The van der Waals surface area contributed by atoms with Crippen molar-refractivity contribution in [3.8, 4) is 0 Å². The molecule has 3 aromatic rings. The molecule has 36 heavy (non-hydrogen) atoms. The minimum atomic E-state index is -0.410. The molecule has 0 saturated heterocycles. The molecule has 1 N–H and O–H groups in total. The number of carbonyl (C=O) groups excluding carboxylic acids is 3. The lowest BCUT2D eigenvalue weighted by Gasteiger charge is -2.28. The van der Waals surface area contributed by atoms with Crippen molar-refractivity contribution in [1.29, 1.82) is 0 Å². The van der Waals surface area contributed by atoms with Gasteiger partial charge in [0.25, 0.3) is 0 Å². The van der Waals surface area contributed by atoms with Crippen LogP contribution in [-0.2, 0) is 24.2 Å². The average molecular weight is 485 g/mol. The monoisotopic (exact) mass is 484 g/mol. The van der Waals surface area contributed by atoms with Crippen LogP contribution in [0.25, 0.3) is 0 Å². The summed E-state index contributed by atoms with van der Waals surface area (Å²) >= 11 is 0. The van der Waals surface area contributed by atoms with Gasteiger partial charge in [-0.1, -0.05) is 56.3 Å². The molecular weight excluding hydrogens is 452 g/mol. The maximum Gasteiger partial charge on any atom is 0.414 e. The highest BCUT2D eigenvalue weighted by Gasteiger charge is 2.28. The third-order valence-corrected chi connectivity index (χ3v) is 6.51. The van der Waals surface area contributed by atoms with Gasteiger partial charge in [0, 0.05) is 42.7 Å². The summed E-state index contributed by atoms with van der Waals surface area (Å²) in [4.78, 5) is 37.6. The summed E-state index contributed by atoms with van der Waals surface area (Å²) in [6, 6.07) is 21.3. The highest BCUT2D eigenvalue weighted by atomic mass is 16.6. The van der Waals surface area contributed by atoms with Gasteiger partial charge in [-0.2, -0.15) is 0 Å². The fourth-order valence-corrected chi connectivity index (χ4v) is 4.36. The number of ether oxygens (including phenoxy) is 1. The standard InChI is InChI=1S/C19H19NO3.C11H13NO/c1-2-14-8-9-17-16(12-14)18(21)10-11-20(17)19(22)23-13-15-6-4-3-5-7-15;1-2-8-3-4-10-9(7-8)11(13)5-6-12-10/h3-9,12H,2,10-11,13H2,1H3;3-4,7,12H,2,5-6H2,1H3. The van der Waals surface area contributed by atoms with Crippen molar-refractivity contribution in [3.05, 3.63) is 94.5 Å². The molecule has 2 aliphatic rings. The molecule has 0 saturated carbocycles. The zero-order chi connectivity index (χ0) is 25.5. The van der Waals surface area contributed by atoms with Crippen LogP contribution in [0.5, 0.6) is 0 Å². The van der Waals surface area contributed by atoms with Crippen LogP contribution in [0, 0.1) is 0 Å². The van der Waals surface area contributed by atoms with Gasteiger partial charge in [0.15, 0.2) is 11.6 Å². The summed E-state index contributed by atoms with van der Waals surface area (Å²) in [5, 5.41) is 3.22. The molecule has 0 aliphatic carbocycles. The molecule has 0 aromatic heterocycles. The van der Waals surface area contributed by atoms with Gasteiger partial charge < -0.3 is 10.1 Å². The summed E-state index contributed by atoms with van der Waals surface area (Å²) in [6.45, 7) is 5.51. The van der Waals surface area contributed by atoms with E-state index in [2.05, 4.69) is 18.3 Å². The fourth-order valence-electron chi connectivity index (χ4n) is 4.36. The number of ketones is 2. The van der Waals surface area contributed by atoms with Gasteiger partial charge in [-0.25, -0.2) is 4.79 Å². The van der Waals surface area contributed by atoms with Crippen molar-refractivity contribution in [2.45, 2.75) is 46.1 Å². The van der Waals surface area contributed by atoms with Gasteiger partial charge in [0.1, 0.15) is 6.61 Å². The Morgan fingerprint density at radius 3 is 2.22 bits per heavy atom. The summed E-state index contributed by atoms with van der Waals surface area (Å²) < 4.78 is 5.39. The topological polar surface area (TPSA) is 75.7 Å². The Morgan fingerprint density at radius 1 is 0.833 bits per heavy atom. The van der Waals surface area contributed by atoms with Crippen LogP contribution < -0.4 is 10.2 Å². The lowest BCUT2D eigenvalue weighted by Crippen LogP contribution is -2.37. The van der Waals surface area contributed by atoms with Crippen LogP contribution in [0.4, 0.5) is 16.2 Å². The smallest absolute Gasteiger partial charge is 0.414 e. The van der Waals surface area contributed by atoms with Crippen molar-refractivity contribution in [3.63, 3.8) is 0 Å². The lowest BCUT2D eigenvalue weighted by atomic mass is 9.97. The van der Waals surface area contributed by atoms with Crippen molar-refractivity contribution in [2.75, 3.05) is 23.3 Å². The highest BCUT2D eigenvalue weighted by molar-refractivity contribution is 6.07. The molecule has 6 heteroatoms. The van der Waals surface area contributed by atoms with E-state index in [0.29, 0.717) is 30.6 Å². The molecule has 0 fully saturated rings. The minimum absolute atomic E-state index is 0.0856. The number of hydrogen-bond donors (Lipinski definition) is 1. The van der Waals surface area contributed by atoms with Crippen LogP contribution in [-0.4, -0.2) is 30.7 Å². The third kappa shape index (κ3) is 5.82. The molecule has 3 aromatic carbocycles. The first-order valence-electron chi connectivity index (χ1n) is 12.5. The summed E-state index contributed by atoms with van der Waals surface area (Å²) in [5.74, 6) is 0.353. The third-order valence-electron chi connectivity index (χ3n) is 6.51. The van der Waals surface area contributed by atoms with E-state index in [-0.39, 0.29) is 18.2 Å². The Bertz CT molecular complexity index is 1250. The minimum Gasteiger partial charge on any atom is -0.444 e. The number of carbonyl (C=O) groups is 3. The molecule has 5 rings (SSSR count). The zero-order valence-electron chi connectivity index (χ0n) is 20.9. The van der Waals surface area contributed by atoms with Crippen LogP contribution in [0.3, 0.4) is 0 Å². The van der Waals surface area contributed by atoms with E-state index in [9.17, 15) is 14.4 Å². The molecule has 0 atom stereocenters. The van der Waals surface area contributed by atoms with E-state index in [1.54, 1.807) is 4.90 Å². The number of hydrogen-bond acceptors (Lipinski definition) is 5. The van der Waals surface area contributed by atoms with Gasteiger partial charge in [-0.15, -0.1) is 0 Å². The molecule has 186 valence electrons. The predicted molar refractivity (Wildman–Crippen MR) is 142 cm³/mol. The molecular formula is C30H32N2O4. The molecule has 1 amide bonds. The number of nitrogens with zero attached hydrogens (tertiary/aromatic N) is 1. The van der Waals surface area contributed by atoms with E-state index in [1.165, 1.54) is 5.56 Å². The highest BCUT2D eigenvalue weighted by Crippen LogP contribution is 2.29. The first-order valence-corrected chi connectivity index (χ1v) is 12.5. The average Bonchev–Trinajstić information content (AvgIpc) is 2.93. The maximum absolute atomic E-state index is 12.4. The van der Waals surface area contributed by atoms with Crippen LogP contribution in [0.15, 0.2) is 66.7 Å². The van der Waals surface area contributed by atoms with Crippen LogP contribution in [0.2, 0.25) is 0 Å². The Kier molecular flexibility index (Phi) is 8.16. The van der Waals surface area contributed by atoms with E-state index >= 15 is 0 Å². The summed E-state index contributed by atoms with van der Waals surface area (Å²) in [7, 11) is 0. The molecule has 2 heterocycles. The second-order valence-electron chi connectivity index (χ2n) is 8.90. The number of benzene rings is 3. The first-order chi connectivity index (χ1) is 17.5. The molecule has 0 spiro atoms. The number of anilines is 2. The summed E-state index contributed by atoms with van der Waals surface area (Å²) in [6.07, 6.45) is 2.40. The quantitative estimate of drug-likeness (QED) is 0.475. The van der Waals surface area contributed by atoms with Crippen LogP contribution in [0.1, 0.15) is 64.1 Å². The van der Waals surface area contributed by atoms with E-state index in [0.717, 1.165) is 41.8 Å². The van der Waals surface area contributed by atoms with Gasteiger partial charge in [0.05, 0.1) is 5.69 Å². The molecule has 2 aliphatic heterocycles. The normalized spacial score (nSPS) is 14.1. The first kappa shape index (κ1) is 25.2. The van der Waals surface area contributed by atoms with Crippen molar-refractivity contribution >= 4 is 29.0 Å². The van der Waals surface area contributed by atoms with E-state index in [1.807, 2.05) is 67.6 Å². The van der Waals surface area contributed by atoms with E-state index < -0.39 is 6.09 Å². The van der Waals surface area contributed by atoms with Gasteiger partial charge in [-0.05, 0) is 53.8 Å². The van der Waals surface area contributed by atoms with Crippen molar-refractivity contribution in [1.82, 2.24) is 0 Å². The number of fused-ring (bicyclic) bond motifs is 2. The largest absolute Gasteiger partial charge is 0.444 e. The molecule has 0 radical (unpaired) electrons. The SMILES string of the molecule is CCc1ccc2c(c1)C(=O)CCN2.CCc1ccc2c(c1)C(=O)CCN2C(=O)OCc1ccccc1. The van der Waals surface area contributed by atoms with Crippen molar-refractivity contribution < 1.29 is 19.1 Å². The number of aryl methyl sites for hydroxylation is 2. The molecule has 0 bridgehead atoms. The Morgan fingerprint density at radius 2 is 1.50 bits per heavy atom. The van der Waals surface area contributed by atoms with Crippen molar-refractivity contribution in [2.24, 2.45) is 0 Å². The van der Waals surface area contributed by atoms with E-state index in [4.69, 9.17) is 4.74 Å². The number of Topliss-reactive ketones (excluding diaryl/α,β-unsaturated/α-hetero) is 2. The molecule has 6 nitrogen and oxygen atoms in total. The zero-order valence-corrected chi connectivity index (χ0v) is 20.9. The predicted octanol–water partition coefficient (Wildman–Crippen LogP) is 6.23.